The molecule has 3 aromatic rings. The number of benzene rings is 1. The normalized spacial score (nSPS) is 17.4. The Morgan fingerprint density at radius 2 is 2.04 bits per heavy atom. The summed E-state index contributed by atoms with van der Waals surface area (Å²) in [4.78, 5) is 19.9. The lowest BCUT2D eigenvalue weighted by Gasteiger charge is -2.35. The molecular weight excluding hydrogens is 340 g/mol. The second kappa shape index (κ2) is 7.12. The minimum atomic E-state index is -0.0165. The van der Waals surface area contributed by atoms with Crippen LogP contribution in [0.25, 0.3) is 22.4 Å². The zero-order valence-electron chi connectivity index (χ0n) is 15.7. The summed E-state index contributed by atoms with van der Waals surface area (Å²) >= 11 is 0. The van der Waals surface area contributed by atoms with Crippen molar-refractivity contribution in [3.63, 3.8) is 0 Å². The smallest absolute Gasteiger partial charge is 0.259 e. The topological polar surface area (TPSA) is 85.2 Å². The van der Waals surface area contributed by atoms with Crippen LogP contribution in [-0.4, -0.2) is 40.1 Å². The van der Waals surface area contributed by atoms with E-state index in [-0.39, 0.29) is 11.9 Å². The maximum atomic E-state index is 13.4. The van der Waals surface area contributed by atoms with Crippen LogP contribution in [0.3, 0.4) is 0 Å². The molecule has 0 bridgehead atoms. The molecule has 6 heteroatoms. The summed E-state index contributed by atoms with van der Waals surface area (Å²) in [5.74, 6) is -0.0165. The van der Waals surface area contributed by atoms with Crippen molar-refractivity contribution < 1.29 is 9.32 Å². The van der Waals surface area contributed by atoms with Crippen molar-refractivity contribution in [2.75, 3.05) is 13.1 Å². The molecule has 1 amide bonds. The van der Waals surface area contributed by atoms with Gasteiger partial charge in [-0.3, -0.25) is 4.79 Å². The zero-order chi connectivity index (χ0) is 19.0. The van der Waals surface area contributed by atoms with Crippen molar-refractivity contribution in [3.05, 3.63) is 47.2 Å². The molecule has 2 aromatic heterocycles. The monoisotopic (exact) mass is 364 g/mol. The van der Waals surface area contributed by atoms with E-state index in [1.54, 1.807) is 0 Å². The molecule has 4 rings (SSSR count). The van der Waals surface area contributed by atoms with E-state index in [2.05, 4.69) is 10.1 Å². The van der Waals surface area contributed by atoms with E-state index in [1.807, 2.05) is 49.1 Å². The van der Waals surface area contributed by atoms with Gasteiger partial charge >= 0.3 is 0 Å². The number of hydrogen-bond acceptors (Lipinski definition) is 5. The third-order valence-corrected chi connectivity index (χ3v) is 5.35. The van der Waals surface area contributed by atoms with E-state index in [4.69, 9.17) is 10.3 Å². The van der Waals surface area contributed by atoms with Crippen LogP contribution in [0.1, 0.15) is 40.9 Å². The van der Waals surface area contributed by atoms with Gasteiger partial charge in [0.25, 0.3) is 11.6 Å². The highest BCUT2D eigenvalue weighted by Gasteiger charge is 2.29. The molecule has 2 N–H and O–H groups in total. The lowest BCUT2D eigenvalue weighted by molar-refractivity contribution is 0.0625. The van der Waals surface area contributed by atoms with Crippen LogP contribution < -0.4 is 5.73 Å². The lowest BCUT2D eigenvalue weighted by atomic mass is 9.99. The first kappa shape index (κ1) is 17.7. The van der Waals surface area contributed by atoms with E-state index in [0.717, 1.165) is 31.4 Å². The molecule has 1 saturated heterocycles. The van der Waals surface area contributed by atoms with E-state index in [0.29, 0.717) is 34.6 Å². The molecule has 1 fully saturated rings. The molecule has 3 heterocycles. The highest BCUT2D eigenvalue weighted by Crippen LogP contribution is 2.29. The van der Waals surface area contributed by atoms with E-state index in [9.17, 15) is 4.79 Å². The van der Waals surface area contributed by atoms with Crippen molar-refractivity contribution in [3.8, 4) is 11.3 Å². The van der Waals surface area contributed by atoms with Gasteiger partial charge in [0.15, 0.2) is 0 Å². The van der Waals surface area contributed by atoms with Crippen LogP contribution in [0.5, 0.6) is 0 Å². The SMILES string of the molecule is Cc1ccc(-c2cc(C(=O)N3CCCCC3CN)c3c(C)noc3n2)cc1. The van der Waals surface area contributed by atoms with Gasteiger partial charge in [-0.25, -0.2) is 4.98 Å². The number of fused-ring (bicyclic) bond motifs is 1. The van der Waals surface area contributed by atoms with Crippen LogP contribution in [0.15, 0.2) is 34.9 Å². The minimum Gasteiger partial charge on any atom is -0.335 e. The number of carbonyl (C=O) groups is 1. The molecule has 0 saturated carbocycles. The van der Waals surface area contributed by atoms with Gasteiger partial charge < -0.3 is 15.2 Å². The first-order valence-electron chi connectivity index (χ1n) is 9.43. The lowest BCUT2D eigenvalue weighted by Crippen LogP contribution is -2.47. The van der Waals surface area contributed by atoms with Crippen LogP contribution in [0, 0.1) is 13.8 Å². The maximum Gasteiger partial charge on any atom is 0.259 e. The number of amides is 1. The molecule has 140 valence electrons. The van der Waals surface area contributed by atoms with Gasteiger partial charge in [-0.1, -0.05) is 35.0 Å². The fraction of sp³-hybridized carbons (Fsp3) is 0.381. The van der Waals surface area contributed by atoms with Gasteiger partial charge in [0.2, 0.25) is 0 Å². The van der Waals surface area contributed by atoms with Crippen LogP contribution >= 0.6 is 0 Å². The molecule has 27 heavy (non-hydrogen) atoms. The van der Waals surface area contributed by atoms with Crippen LogP contribution in [0.2, 0.25) is 0 Å². The number of likely N-dealkylation sites (tertiary alicyclic amines) is 1. The third-order valence-electron chi connectivity index (χ3n) is 5.35. The number of rotatable bonds is 3. The van der Waals surface area contributed by atoms with Gasteiger partial charge in [0, 0.05) is 24.7 Å². The average Bonchev–Trinajstić information content (AvgIpc) is 3.08. The molecule has 1 aromatic carbocycles. The second-order valence-electron chi connectivity index (χ2n) is 7.25. The largest absolute Gasteiger partial charge is 0.335 e. The minimum absolute atomic E-state index is 0.0165. The number of aromatic nitrogens is 2. The van der Waals surface area contributed by atoms with Gasteiger partial charge in [-0.05, 0) is 39.2 Å². The Morgan fingerprint density at radius 3 is 2.78 bits per heavy atom. The summed E-state index contributed by atoms with van der Waals surface area (Å²) in [6, 6.07) is 10.0. The molecule has 0 spiro atoms. The predicted octanol–water partition coefficient (Wildman–Crippen LogP) is 3.46. The molecule has 0 radical (unpaired) electrons. The molecule has 0 aliphatic carbocycles. The zero-order valence-corrected chi connectivity index (χ0v) is 15.7. The van der Waals surface area contributed by atoms with Crippen molar-refractivity contribution in [2.24, 2.45) is 5.73 Å². The Balaban J connectivity index is 1.84. The van der Waals surface area contributed by atoms with Crippen molar-refractivity contribution in [2.45, 2.75) is 39.2 Å². The number of nitrogens with zero attached hydrogens (tertiary/aromatic N) is 3. The van der Waals surface area contributed by atoms with Gasteiger partial charge in [-0.2, -0.15) is 0 Å². The van der Waals surface area contributed by atoms with Gasteiger partial charge in [0.1, 0.15) is 0 Å². The fourth-order valence-electron chi connectivity index (χ4n) is 3.80. The molecule has 1 aliphatic rings. The number of hydrogen-bond donors (Lipinski definition) is 1. The Morgan fingerprint density at radius 1 is 1.26 bits per heavy atom. The number of carbonyl (C=O) groups excluding carboxylic acids is 1. The van der Waals surface area contributed by atoms with Crippen LogP contribution in [0.4, 0.5) is 0 Å². The van der Waals surface area contributed by atoms with Crippen molar-refractivity contribution in [1.29, 1.82) is 0 Å². The number of aryl methyl sites for hydroxylation is 2. The maximum absolute atomic E-state index is 13.4. The third kappa shape index (κ3) is 3.21. The van der Waals surface area contributed by atoms with E-state index < -0.39 is 0 Å². The highest BCUT2D eigenvalue weighted by atomic mass is 16.5. The summed E-state index contributed by atoms with van der Waals surface area (Å²) in [6.45, 7) is 5.09. The Labute approximate surface area is 158 Å². The first-order valence-corrected chi connectivity index (χ1v) is 9.43. The van der Waals surface area contributed by atoms with Crippen LogP contribution in [-0.2, 0) is 0 Å². The summed E-state index contributed by atoms with van der Waals surface area (Å²) in [7, 11) is 0. The Bertz CT molecular complexity index is 978. The first-order chi connectivity index (χ1) is 13.1. The Hall–Kier alpha value is -2.73. The van der Waals surface area contributed by atoms with Crippen molar-refractivity contribution in [1.82, 2.24) is 15.0 Å². The number of pyridine rings is 1. The molecule has 6 nitrogen and oxygen atoms in total. The quantitative estimate of drug-likeness (QED) is 0.769. The summed E-state index contributed by atoms with van der Waals surface area (Å²) in [5.41, 5.74) is 10.4. The van der Waals surface area contributed by atoms with E-state index in [1.165, 1.54) is 5.56 Å². The fourth-order valence-corrected chi connectivity index (χ4v) is 3.80. The highest BCUT2D eigenvalue weighted by molar-refractivity contribution is 6.07. The predicted molar refractivity (Wildman–Crippen MR) is 104 cm³/mol. The van der Waals surface area contributed by atoms with Gasteiger partial charge in [-0.15, -0.1) is 0 Å². The average molecular weight is 364 g/mol. The molecule has 1 aliphatic heterocycles. The summed E-state index contributed by atoms with van der Waals surface area (Å²) in [6.07, 6.45) is 3.06. The second-order valence-corrected chi connectivity index (χ2v) is 7.25. The van der Waals surface area contributed by atoms with Crippen molar-refractivity contribution >= 4 is 17.0 Å². The molecule has 1 unspecified atom stereocenters. The molecule has 1 atom stereocenters. The number of nitrogens with two attached hydrogens (primary N) is 1. The summed E-state index contributed by atoms with van der Waals surface area (Å²) < 4.78 is 5.41. The number of piperidine rings is 1. The summed E-state index contributed by atoms with van der Waals surface area (Å²) in [5, 5.41) is 4.73. The standard InChI is InChI=1S/C21H24N4O2/c1-13-6-8-15(9-7-13)18-11-17(19-14(2)24-27-20(19)23-18)21(26)25-10-4-3-5-16(25)12-22/h6-9,11,16H,3-5,10,12,22H2,1-2H3. The van der Waals surface area contributed by atoms with E-state index >= 15 is 0 Å². The van der Waals surface area contributed by atoms with Gasteiger partial charge in [0.05, 0.1) is 22.3 Å². The molecular formula is C21H24N4O2. The Kier molecular flexibility index (Phi) is 4.66.